The Morgan fingerprint density at radius 2 is 2.00 bits per heavy atom. The molecule has 1 N–H and O–H groups in total. The first-order valence-corrected chi connectivity index (χ1v) is 7.18. The quantitative estimate of drug-likeness (QED) is 0.898. The maximum atomic E-state index is 13.1. The molecule has 0 aliphatic rings. The van der Waals surface area contributed by atoms with Crippen molar-refractivity contribution in [3.05, 3.63) is 36.3 Å². The molecular formula is C12H12FN3O4S. The summed E-state index contributed by atoms with van der Waals surface area (Å²) in [5, 5.41) is 0. The summed E-state index contributed by atoms with van der Waals surface area (Å²) in [7, 11) is -1.29. The molecule has 0 radical (unpaired) electrons. The van der Waals surface area contributed by atoms with Gasteiger partial charge in [0.25, 0.3) is 10.0 Å². The van der Waals surface area contributed by atoms with E-state index < -0.39 is 15.8 Å². The molecule has 7 nitrogen and oxygen atoms in total. The molecule has 1 aromatic carbocycles. The molecule has 0 fully saturated rings. The van der Waals surface area contributed by atoms with Gasteiger partial charge in [0.05, 0.1) is 25.3 Å². The normalized spacial score (nSPS) is 11.0. The standard InChI is InChI=1S/C12H12FN3O4S/c1-19-11-10(7-14-12(15-11)20-2)16-21(17,18)9-5-3-4-8(13)6-9/h3-7,16H,1-2H3. The van der Waals surface area contributed by atoms with Crippen molar-refractivity contribution in [2.24, 2.45) is 0 Å². The van der Waals surface area contributed by atoms with Crippen LogP contribution in [-0.4, -0.2) is 32.6 Å². The second-order valence-corrected chi connectivity index (χ2v) is 5.52. The summed E-state index contributed by atoms with van der Waals surface area (Å²) >= 11 is 0. The summed E-state index contributed by atoms with van der Waals surface area (Å²) in [6, 6.07) is 4.64. The van der Waals surface area contributed by atoms with Crippen molar-refractivity contribution in [1.82, 2.24) is 9.97 Å². The van der Waals surface area contributed by atoms with Gasteiger partial charge in [0.15, 0.2) is 0 Å². The van der Waals surface area contributed by atoms with Gasteiger partial charge in [0.2, 0.25) is 5.88 Å². The SMILES string of the molecule is COc1ncc(NS(=O)(=O)c2cccc(F)c2)c(OC)n1. The van der Waals surface area contributed by atoms with E-state index in [1.54, 1.807) is 0 Å². The number of benzene rings is 1. The first-order chi connectivity index (χ1) is 9.96. The Balaban J connectivity index is 2.37. The van der Waals surface area contributed by atoms with Crippen LogP contribution in [0.3, 0.4) is 0 Å². The highest BCUT2D eigenvalue weighted by atomic mass is 32.2. The molecule has 0 saturated carbocycles. The van der Waals surface area contributed by atoms with Gasteiger partial charge in [-0.1, -0.05) is 6.07 Å². The molecule has 0 unspecified atom stereocenters. The number of ether oxygens (including phenoxy) is 2. The number of hydrogen-bond donors (Lipinski definition) is 1. The largest absolute Gasteiger partial charge is 0.479 e. The predicted octanol–water partition coefficient (Wildman–Crippen LogP) is 1.43. The summed E-state index contributed by atoms with van der Waals surface area (Å²) in [5.41, 5.74) is 0.0163. The monoisotopic (exact) mass is 313 g/mol. The van der Waals surface area contributed by atoms with Crippen LogP contribution in [0.25, 0.3) is 0 Å². The van der Waals surface area contributed by atoms with Crippen LogP contribution in [0.2, 0.25) is 0 Å². The highest BCUT2D eigenvalue weighted by molar-refractivity contribution is 7.92. The van der Waals surface area contributed by atoms with Gasteiger partial charge >= 0.3 is 6.01 Å². The van der Waals surface area contributed by atoms with Crippen molar-refractivity contribution in [3.63, 3.8) is 0 Å². The lowest BCUT2D eigenvalue weighted by Crippen LogP contribution is -2.14. The number of methoxy groups -OCH3 is 2. The van der Waals surface area contributed by atoms with E-state index in [1.165, 1.54) is 32.5 Å². The molecule has 2 aromatic rings. The van der Waals surface area contributed by atoms with E-state index >= 15 is 0 Å². The van der Waals surface area contributed by atoms with E-state index in [0.717, 1.165) is 12.1 Å². The molecule has 112 valence electrons. The molecule has 0 amide bonds. The molecule has 9 heteroatoms. The number of halogens is 1. The van der Waals surface area contributed by atoms with Crippen molar-refractivity contribution in [1.29, 1.82) is 0 Å². The van der Waals surface area contributed by atoms with Crippen LogP contribution in [0.4, 0.5) is 10.1 Å². The van der Waals surface area contributed by atoms with Gasteiger partial charge in [-0.3, -0.25) is 4.72 Å². The topological polar surface area (TPSA) is 90.4 Å². The Hall–Kier alpha value is -2.42. The van der Waals surface area contributed by atoms with Crippen molar-refractivity contribution in [2.45, 2.75) is 4.90 Å². The third-order valence-electron chi connectivity index (χ3n) is 2.46. The molecule has 1 aromatic heterocycles. The Labute approximate surface area is 120 Å². The van der Waals surface area contributed by atoms with Crippen molar-refractivity contribution in [3.8, 4) is 11.9 Å². The number of rotatable bonds is 5. The van der Waals surface area contributed by atoms with Gasteiger partial charge in [0.1, 0.15) is 11.5 Å². The number of sulfonamides is 1. The van der Waals surface area contributed by atoms with Gasteiger partial charge in [-0.2, -0.15) is 4.98 Å². The molecule has 1 heterocycles. The zero-order valence-electron chi connectivity index (χ0n) is 11.2. The lowest BCUT2D eigenvalue weighted by molar-refractivity contribution is 0.353. The van der Waals surface area contributed by atoms with Crippen molar-refractivity contribution >= 4 is 15.7 Å². The number of nitrogens with zero attached hydrogens (tertiary/aromatic N) is 2. The van der Waals surface area contributed by atoms with Gasteiger partial charge < -0.3 is 9.47 Å². The average molecular weight is 313 g/mol. The molecule has 0 atom stereocenters. The summed E-state index contributed by atoms with van der Waals surface area (Å²) in [5.74, 6) is -0.669. The fourth-order valence-corrected chi connectivity index (χ4v) is 2.59. The first kappa shape index (κ1) is 15.0. The molecule has 0 aliphatic carbocycles. The first-order valence-electron chi connectivity index (χ1n) is 5.69. The molecule has 0 aliphatic heterocycles. The Kier molecular flexibility index (Phi) is 4.22. The molecule has 2 rings (SSSR count). The van der Waals surface area contributed by atoms with E-state index in [0.29, 0.717) is 0 Å². The van der Waals surface area contributed by atoms with Gasteiger partial charge in [-0.05, 0) is 18.2 Å². The zero-order valence-corrected chi connectivity index (χ0v) is 12.0. The molecule has 21 heavy (non-hydrogen) atoms. The smallest absolute Gasteiger partial charge is 0.319 e. The minimum atomic E-state index is -3.98. The van der Waals surface area contributed by atoms with Crippen LogP contribution >= 0.6 is 0 Å². The minimum absolute atomic E-state index is 0.0122. The fourth-order valence-electron chi connectivity index (χ4n) is 1.51. The van der Waals surface area contributed by atoms with E-state index in [1.807, 2.05) is 0 Å². The van der Waals surface area contributed by atoms with E-state index in [9.17, 15) is 12.8 Å². The Morgan fingerprint density at radius 1 is 1.24 bits per heavy atom. The minimum Gasteiger partial charge on any atom is -0.479 e. The summed E-state index contributed by atoms with van der Waals surface area (Å²) < 4.78 is 49.4. The lowest BCUT2D eigenvalue weighted by Gasteiger charge is -2.11. The second-order valence-electron chi connectivity index (χ2n) is 3.84. The molecule has 0 saturated heterocycles. The highest BCUT2D eigenvalue weighted by Gasteiger charge is 2.18. The number of hydrogen-bond acceptors (Lipinski definition) is 6. The third kappa shape index (κ3) is 3.37. The van der Waals surface area contributed by atoms with E-state index in [4.69, 9.17) is 9.47 Å². The summed E-state index contributed by atoms with van der Waals surface area (Å²) in [4.78, 5) is 7.41. The van der Waals surface area contributed by atoms with Crippen LogP contribution < -0.4 is 14.2 Å². The lowest BCUT2D eigenvalue weighted by atomic mass is 10.4. The molecule has 0 bridgehead atoms. The van der Waals surface area contributed by atoms with Gasteiger partial charge in [-0.25, -0.2) is 17.8 Å². The zero-order chi connectivity index (χ0) is 15.5. The van der Waals surface area contributed by atoms with Crippen molar-refractivity contribution in [2.75, 3.05) is 18.9 Å². The van der Waals surface area contributed by atoms with E-state index in [-0.39, 0.29) is 22.5 Å². The van der Waals surface area contributed by atoms with Crippen LogP contribution in [0.1, 0.15) is 0 Å². The van der Waals surface area contributed by atoms with Crippen LogP contribution in [0.5, 0.6) is 11.9 Å². The fraction of sp³-hybridized carbons (Fsp3) is 0.167. The summed E-state index contributed by atoms with van der Waals surface area (Å²) in [6.07, 6.45) is 1.20. The maximum Gasteiger partial charge on any atom is 0.319 e. The predicted molar refractivity (Wildman–Crippen MR) is 72.3 cm³/mol. The summed E-state index contributed by atoms with van der Waals surface area (Å²) in [6.45, 7) is 0. The number of nitrogens with one attached hydrogen (secondary N) is 1. The Bertz CT molecular complexity index is 752. The van der Waals surface area contributed by atoms with E-state index in [2.05, 4.69) is 14.7 Å². The van der Waals surface area contributed by atoms with Crippen molar-refractivity contribution < 1.29 is 22.3 Å². The molecular weight excluding hydrogens is 301 g/mol. The van der Waals surface area contributed by atoms with Gasteiger partial charge in [0, 0.05) is 0 Å². The second kappa shape index (κ2) is 5.92. The van der Waals surface area contributed by atoms with Crippen LogP contribution in [-0.2, 0) is 10.0 Å². The highest BCUT2D eigenvalue weighted by Crippen LogP contribution is 2.25. The average Bonchev–Trinajstić information content (AvgIpc) is 2.47. The number of anilines is 1. The van der Waals surface area contributed by atoms with Crippen LogP contribution in [0.15, 0.2) is 35.4 Å². The number of aromatic nitrogens is 2. The Morgan fingerprint density at radius 3 is 2.62 bits per heavy atom. The third-order valence-corrected chi connectivity index (χ3v) is 3.82. The van der Waals surface area contributed by atoms with Gasteiger partial charge in [-0.15, -0.1) is 0 Å². The maximum absolute atomic E-state index is 13.1. The molecule has 0 spiro atoms. The van der Waals surface area contributed by atoms with Crippen LogP contribution in [0, 0.1) is 5.82 Å².